The number of nitrogens with zero attached hydrogens (tertiary/aromatic N) is 2. The van der Waals surface area contributed by atoms with Crippen molar-refractivity contribution >= 4 is 11.8 Å². The summed E-state index contributed by atoms with van der Waals surface area (Å²) < 4.78 is 13.1. The summed E-state index contributed by atoms with van der Waals surface area (Å²) in [6.07, 6.45) is 2.31. The van der Waals surface area contributed by atoms with E-state index >= 15 is 0 Å². The van der Waals surface area contributed by atoms with Gasteiger partial charge in [-0.1, -0.05) is 12.1 Å². The Kier molecular flexibility index (Phi) is 3.66. The van der Waals surface area contributed by atoms with Crippen molar-refractivity contribution in [3.05, 3.63) is 35.6 Å². The minimum atomic E-state index is -0.355. The number of carbonyl (C=O) groups is 2. The van der Waals surface area contributed by atoms with Gasteiger partial charge < -0.3 is 9.80 Å². The molecule has 3 rings (SSSR count). The van der Waals surface area contributed by atoms with Crippen molar-refractivity contribution in [3.63, 3.8) is 0 Å². The summed E-state index contributed by atoms with van der Waals surface area (Å²) in [5.41, 5.74) is 0.822. The van der Waals surface area contributed by atoms with Crippen LogP contribution in [0.3, 0.4) is 0 Å². The second-order valence-electron chi connectivity index (χ2n) is 5.84. The molecular formula is C16H19FN2O2. The van der Waals surface area contributed by atoms with Crippen LogP contribution in [-0.2, 0) is 9.59 Å². The smallest absolute Gasteiger partial charge is 0.228 e. The monoisotopic (exact) mass is 290 g/mol. The maximum Gasteiger partial charge on any atom is 0.228 e. The van der Waals surface area contributed by atoms with E-state index in [1.807, 2.05) is 4.90 Å². The van der Waals surface area contributed by atoms with Crippen LogP contribution in [0, 0.1) is 11.7 Å². The number of rotatable bonds is 2. The number of halogens is 1. The largest absolute Gasteiger partial charge is 0.342 e. The predicted molar refractivity (Wildman–Crippen MR) is 75.8 cm³/mol. The van der Waals surface area contributed by atoms with E-state index in [1.54, 1.807) is 24.1 Å². The lowest BCUT2D eigenvalue weighted by Crippen LogP contribution is -2.36. The molecule has 2 aliphatic rings. The fourth-order valence-corrected chi connectivity index (χ4v) is 3.38. The quantitative estimate of drug-likeness (QED) is 0.835. The first kappa shape index (κ1) is 14.0. The summed E-state index contributed by atoms with van der Waals surface area (Å²) in [4.78, 5) is 28.2. The van der Waals surface area contributed by atoms with Crippen LogP contribution in [0.1, 0.15) is 30.9 Å². The van der Waals surface area contributed by atoms with Crippen LogP contribution in [0.15, 0.2) is 24.3 Å². The maximum absolute atomic E-state index is 13.1. The molecule has 0 bridgehead atoms. The van der Waals surface area contributed by atoms with Gasteiger partial charge in [-0.3, -0.25) is 9.59 Å². The van der Waals surface area contributed by atoms with E-state index in [9.17, 15) is 14.0 Å². The topological polar surface area (TPSA) is 40.6 Å². The molecule has 2 atom stereocenters. The van der Waals surface area contributed by atoms with Gasteiger partial charge in [-0.25, -0.2) is 4.39 Å². The predicted octanol–water partition coefficient (Wildman–Crippen LogP) is 1.97. The highest BCUT2D eigenvalue weighted by Gasteiger charge is 2.44. The molecule has 2 heterocycles. The molecule has 2 aliphatic heterocycles. The molecule has 1 aromatic carbocycles. The Morgan fingerprint density at radius 2 is 1.81 bits per heavy atom. The molecule has 0 aromatic heterocycles. The molecule has 0 unspecified atom stereocenters. The summed E-state index contributed by atoms with van der Waals surface area (Å²) in [6, 6.07) is 5.80. The van der Waals surface area contributed by atoms with Gasteiger partial charge in [-0.2, -0.15) is 0 Å². The molecule has 5 heteroatoms. The van der Waals surface area contributed by atoms with Gasteiger partial charge in [0.15, 0.2) is 0 Å². The molecule has 2 saturated heterocycles. The van der Waals surface area contributed by atoms with E-state index in [0.717, 1.165) is 31.5 Å². The Bertz CT molecular complexity index is 552. The number of amides is 2. The van der Waals surface area contributed by atoms with E-state index < -0.39 is 0 Å². The lowest BCUT2D eigenvalue weighted by Gasteiger charge is -2.27. The van der Waals surface area contributed by atoms with E-state index in [1.165, 1.54) is 12.1 Å². The van der Waals surface area contributed by atoms with Gasteiger partial charge >= 0.3 is 0 Å². The summed E-state index contributed by atoms with van der Waals surface area (Å²) in [5, 5.41) is 0. The Hall–Kier alpha value is -1.91. The first-order chi connectivity index (χ1) is 10.1. The first-order valence-electron chi connectivity index (χ1n) is 7.38. The average molecular weight is 290 g/mol. The molecule has 1 aromatic rings. The second-order valence-corrected chi connectivity index (χ2v) is 5.84. The molecule has 4 nitrogen and oxygen atoms in total. The number of carbonyl (C=O) groups excluding carboxylic acids is 2. The van der Waals surface area contributed by atoms with Gasteiger partial charge in [0.2, 0.25) is 11.8 Å². The zero-order valence-corrected chi connectivity index (χ0v) is 12.1. The lowest BCUT2D eigenvalue weighted by atomic mass is 9.92. The minimum Gasteiger partial charge on any atom is -0.342 e. The van der Waals surface area contributed by atoms with Gasteiger partial charge in [-0.15, -0.1) is 0 Å². The molecule has 0 N–H and O–H groups in total. The molecule has 2 amide bonds. The zero-order valence-electron chi connectivity index (χ0n) is 12.1. The van der Waals surface area contributed by atoms with Crippen LogP contribution in [-0.4, -0.2) is 41.8 Å². The molecule has 0 spiro atoms. The number of benzene rings is 1. The highest BCUT2D eigenvalue weighted by atomic mass is 19.1. The van der Waals surface area contributed by atoms with Crippen LogP contribution < -0.4 is 0 Å². The molecule has 0 radical (unpaired) electrons. The molecule has 21 heavy (non-hydrogen) atoms. The van der Waals surface area contributed by atoms with Crippen molar-refractivity contribution in [1.29, 1.82) is 0 Å². The highest BCUT2D eigenvalue weighted by Crippen LogP contribution is 2.38. The highest BCUT2D eigenvalue weighted by molar-refractivity contribution is 5.90. The van der Waals surface area contributed by atoms with Gasteiger partial charge in [0, 0.05) is 26.6 Å². The normalized spacial score (nSPS) is 25.7. The van der Waals surface area contributed by atoms with E-state index in [0.29, 0.717) is 0 Å². The third kappa shape index (κ3) is 2.52. The summed E-state index contributed by atoms with van der Waals surface area (Å²) in [5.74, 6) is -0.638. The number of hydrogen-bond acceptors (Lipinski definition) is 2. The fourth-order valence-electron chi connectivity index (χ4n) is 3.38. The standard InChI is InChI=1S/C16H19FN2O2/c1-18-14(20)10-13(16(21)19-8-2-3-9-19)15(18)11-4-6-12(17)7-5-11/h4-7,13,15H,2-3,8-10H2,1H3/t13-,15-/m1/s1. The fraction of sp³-hybridized carbons (Fsp3) is 0.500. The van der Waals surface area contributed by atoms with Crippen molar-refractivity contribution in [1.82, 2.24) is 9.80 Å². The van der Waals surface area contributed by atoms with E-state index in [4.69, 9.17) is 0 Å². The minimum absolute atomic E-state index is 0.0260. The van der Waals surface area contributed by atoms with Gasteiger partial charge in [0.25, 0.3) is 0 Å². The summed E-state index contributed by atoms with van der Waals surface area (Å²) in [6.45, 7) is 1.56. The Morgan fingerprint density at radius 3 is 2.43 bits per heavy atom. The Balaban J connectivity index is 1.88. The second kappa shape index (κ2) is 5.47. The van der Waals surface area contributed by atoms with Crippen molar-refractivity contribution < 1.29 is 14.0 Å². The molecular weight excluding hydrogens is 271 g/mol. The van der Waals surface area contributed by atoms with Gasteiger partial charge in [0.1, 0.15) is 5.82 Å². The van der Waals surface area contributed by atoms with Crippen molar-refractivity contribution in [2.45, 2.75) is 25.3 Å². The number of hydrogen-bond donors (Lipinski definition) is 0. The van der Waals surface area contributed by atoms with Gasteiger partial charge in [0.05, 0.1) is 12.0 Å². The summed E-state index contributed by atoms with van der Waals surface area (Å²) >= 11 is 0. The summed E-state index contributed by atoms with van der Waals surface area (Å²) in [7, 11) is 1.72. The SMILES string of the molecule is CN1C(=O)C[C@@H](C(=O)N2CCCC2)[C@H]1c1ccc(F)cc1. The van der Waals surface area contributed by atoms with Crippen molar-refractivity contribution in [3.8, 4) is 0 Å². The van der Waals surface area contributed by atoms with Crippen LogP contribution in [0.5, 0.6) is 0 Å². The van der Waals surface area contributed by atoms with E-state index in [2.05, 4.69) is 0 Å². The number of likely N-dealkylation sites (tertiary alicyclic amines) is 2. The van der Waals surface area contributed by atoms with E-state index in [-0.39, 0.29) is 36.0 Å². The zero-order chi connectivity index (χ0) is 15.0. The molecule has 0 saturated carbocycles. The van der Waals surface area contributed by atoms with Crippen LogP contribution in [0.25, 0.3) is 0 Å². The molecule has 2 fully saturated rings. The average Bonchev–Trinajstić information content (AvgIpc) is 3.09. The third-order valence-corrected chi connectivity index (χ3v) is 4.53. The van der Waals surface area contributed by atoms with Crippen LogP contribution in [0.2, 0.25) is 0 Å². The Labute approximate surface area is 123 Å². The van der Waals surface area contributed by atoms with Crippen molar-refractivity contribution in [2.75, 3.05) is 20.1 Å². The molecule has 112 valence electrons. The van der Waals surface area contributed by atoms with Gasteiger partial charge in [-0.05, 0) is 30.5 Å². The lowest BCUT2D eigenvalue weighted by molar-refractivity contribution is -0.135. The third-order valence-electron chi connectivity index (χ3n) is 4.53. The van der Waals surface area contributed by atoms with Crippen LogP contribution in [0.4, 0.5) is 4.39 Å². The first-order valence-corrected chi connectivity index (χ1v) is 7.38. The maximum atomic E-state index is 13.1. The van der Waals surface area contributed by atoms with Crippen LogP contribution >= 0.6 is 0 Å². The van der Waals surface area contributed by atoms with Crippen molar-refractivity contribution in [2.24, 2.45) is 5.92 Å². The molecule has 0 aliphatic carbocycles. The Morgan fingerprint density at radius 1 is 1.19 bits per heavy atom.